The molecule has 25 heavy (non-hydrogen) atoms. The summed E-state index contributed by atoms with van der Waals surface area (Å²) in [6, 6.07) is 1.93. The van der Waals surface area contributed by atoms with Crippen molar-refractivity contribution in [1.82, 2.24) is 5.32 Å². The highest BCUT2D eigenvalue weighted by molar-refractivity contribution is 5.77. The van der Waals surface area contributed by atoms with Gasteiger partial charge < -0.3 is 25.8 Å². The number of carbonyl (C=O) groups excluding carboxylic acids is 2. The number of hydrogen-bond acceptors (Lipinski definition) is 7. The number of ether oxygens (including phenoxy) is 2. The molecule has 4 N–H and O–H groups in total. The first-order chi connectivity index (χ1) is 11.9. The number of benzene rings is 1. The molecule has 2 rings (SSSR count). The number of nitrogens with one attached hydrogen (secondary N) is 2. The summed E-state index contributed by atoms with van der Waals surface area (Å²) in [6.45, 7) is 4.17. The van der Waals surface area contributed by atoms with Crippen LogP contribution in [0.2, 0.25) is 0 Å². The number of nitrogens with zero attached hydrogens (tertiary/aromatic N) is 1. The lowest BCUT2D eigenvalue weighted by Gasteiger charge is -2.23. The summed E-state index contributed by atoms with van der Waals surface area (Å²) >= 11 is 0. The van der Waals surface area contributed by atoms with Crippen LogP contribution in [0.3, 0.4) is 0 Å². The molecule has 0 aromatic heterocycles. The van der Waals surface area contributed by atoms with Crippen LogP contribution in [0.1, 0.15) is 18.0 Å². The molecular weight excluding hydrogens is 332 g/mol. The number of nitro benzene ring substituents is 1. The highest BCUT2D eigenvalue weighted by Crippen LogP contribution is 2.40. The zero-order valence-corrected chi connectivity index (χ0v) is 13.3. The Morgan fingerprint density at radius 3 is 2.96 bits per heavy atom. The van der Waals surface area contributed by atoms with Crippen LogP contribution in [0.25, 0.3) is 0 Å². The lowest BCUT2D eigenvalue weighted by atomic mass is 10.0. The number of amides is 2. The first-order valence-electron chi connectivity index (χ1n) is 7.44. The third kappa shape index (κ3) is 4.59. The standard InChI is InChI=1S/C15H18N4O6/c1-2-4-25-15(21)18-10(8-13(16)20)9-6-11-14(24-5-3-17-11)12(7-9)19(22)23/h2,6-7,10,17H,1,3-5,8H2,(H2,16,20)(H,18,21). The number of anilines is 1. The number of carbonyl (C=O) groups is 2. The Morgan fingerprint density at radius 1 is 1.56 bits per heavy atom. The fraction of sp³-hybridized carbons (Fsp3) is 0.333. The molecule has 0 fully saturated rings. The molecule has 10 heteroatoms. The normalized spacial score (nSPS) is 13.4. The van der Waals surface area contributed by atoms with Crippen LogP contribution in [0.5, 0.6) is 5.75 Å². The fourth-order valence-corrected chi connectivity index (χ4v) is 2.37. The molecular formula is C15H18N4O6. The predicted molar refractivity (Wildman–Crippen MR) is 88.3 cm³/mol. The van der Waals surface area contributed by atoms with Gasteiger partial charge in [-0.2, -0.15) is 0 Å². The fourth-order valence-electron chi connectivity index (χ4n) is 2.37. The molecule has 0 saturated carbocycles. The maximum atomic E-state index is 11.8. The van der Waals surface area contributed by atoms with E-state index >= 15 is 0 Å². The summed E-state index contributed by atoms with van der Waals surface area (Å²) < 4.78 is 10.2. The second-order valence-electron chi connectivity index (χ2n) is 5.20. The Morgan fingerprint density at radius 2 is 2.32 bits per heavy atom. The van der Waals surface area contributed by atoms with E-state index in [1.54, 1.807) is 6.07 Å². The highest BCUT2D eigenvalue weighted by atomic mass is 16.6. The van der Waals surface area contributed by atoms with Gasteiger partial charge in [0.2, 0.25) is 11.7 Å². The Kier molecular flexibility index (Phi) is 5.77. The van der Waals surface area contributed by atoms with Crippen molar-refractivity contribution in [1.29, 1.82) is 0 Å². The lowest BCUT2D eigenvalue weighted by Crippen LogP contribution is -2.32. The number of nitrogens with two attached hydrogens (primary N) is 1. The van der Waals surface area contributed by atoms with Gasteiger partial charge in [0.05, 0.1) is 23.1 Å². The molecule has 0 spiro atoms. The second-order valence-corrected chi connectivity index (χ2v) is 5.20. The van der Waals surface area contributed by atoms with Crippen molar-refractivity contribution >= 4 is 23.4 Å². The largest absolute Gasteiger partial charge is 0.484 e. The van der Waals surface area contributed by atoms with Crippen LogP contribution in [-0.2, 0) is 9.53 Å². The van der Waals surface area contributed by atoms with Crippen LogP contribution < -0.4 is 21.1 Å². The Balaban J connectivity index is 2.36. The van der Waals surface area contributed by atoms with E-state index in [-0.39, 0.29) is 24.5 Å². The van der Waals surface area contributed by atoms with Gasteiger partial charge >= 0.3 is 11.8 Å². The van der Waals surface area contributed by atoms with Crippen LogP contribution in [0.15, 0.2) is 24.8 Å². The Bertz CT molecular complexity index is 706. The minimum atomic E-state index is -0.887. The minimum Gasteiger partial charge on any atom is -0.484 e. The highest BCUT2D eigenvalue weighted by Gasteiger charge is 2.27. The van der Waals surface area contributed by atoms with Gasteiger partial charge in [0.25, 0.3) is 0 Å². The van der Waals surface area contributed by atoms with E-state index in [9.17, 15) is 19.7 Å². The molecule has 10 nitrogen and oxygen atoms in total. The van der Waals surface area contributed by atoms with Crippen molar-refractivity contribution in [3.8, 4) is 5.75 Å². The molecule has 1 aromatic rings. The van der Waals surface area contributed by atoms with E-state index in [4.69, 9.17) is 15.2 Å². The number of alkyl carbamates (subject to hydrolysis) is 1. The maximum Gasteiger partial charge on any atom is 0.407 e. The van der Waals surface area contributed by atoms with Crippen LogP contribution in [-0.4, -0.2) is 36.7 Å². The van der Waals surface area contributed by atoms with Gasteiger partial charge in [0.15, 0.2) is 0 Å². The summed E-state index contributed by atoms with van der Waals surface area (Å²) in [5, 5.41) is 16.8. The van der Waals surface area contributed by atoms with Crippen LogP contribution in [0, 0.1) is 10.1 Å². The van der Waals surface area contributed by atoms with E-state index in [0.717, 1.165) is 0 Å². The zero-order valence-electron chi connectivity index (χ0n) is 13.3. The maximum absolute atomic E-state index is 11.8. The average Bonchev–Trinajstić information content (AvgIpc) is 2.57. The SMILES string of the molecule is C=CCOC(=O)NC(CC(N)=O)c1cc2c(c([N+](=O)[O-])c1)OCCN2. The minimum absolute atomic E-state index is 0.0190. The summed E-state index contributed by atoms with van der Waals surface area (Å²) in [4.78, 5) is 33.8. The molecule has 2 amide bonds. The zero-order chi connectivity index (χ0) is 18.4. The summed E-state index contributed by atoms with van der Waals surface area (Å²) in [5.41, 5.74) is 5.69. The number of rotatable bonds is 7. The molecule has 1 aliphatic heterocycles. The van der Waals surface area contributed by atoms with Crippen molar-refractivity contribution in [2.24, 2.45) is 5.73 Å². The molecule has 1 unspecified atom stereocenters. The summed E-state index contributed by atoms with van der Waals surface area (Å²) in [7, 11) is 0. The Labute approximate surface area is 143 Å². The molecule has 1 aromatic carbocycles. The molecule has 0 aliphatic carbocycles. The number of primary amides is 1. The molecule has 1 heterocycles. The van der Waals surface area contributed by atoms with E-state index in [1.807, 2.05) is 0 Å². The van der Waals surface area contributed by atoms with Crippen molar-refractivity contribution in [2.75, 3.05) is 25.1 Å². The Hall–Kier alpha value is -3.30. The van der Waals surface area contributed by atoms with Crippen molar-refractivity contribution in [3.63, 3.8) is 0 Å². The van der Waals surface area contributed by atoms with Gasteiger partial charge in [-0.3, -0.25) is 14.9 Å². The quantitative estimate of drug-likeness (QED) is 0.381. The van der Waals surface area contributed by atoms with E-state index in [0.29, 0.717) is 24.4 Å². The smallest absolute Gasteiger partial charge is 0.407 e. The molecule has 0 radical (unpaired) electrons. The first-order valence-corrected chi connectivity index (χ1v) is 7.44. The monoisotopic (exact) mass is 350 g/mol. The molecule has 0 saturated heterocycles. The number of nitro groups is 1. The van der Waals surface area contributed by atoms with Gasteiger partial charge in [-0.05, 0) is 11.6 Å². The van der Waals surface area contributed by atoms with Gasteiger partial charge in [-0.15, -0.1) is 0 Å². The number of fused-ring (bicyclic) bond motifs is 1. The van der Waals surface area contributed by atoms with E-state index < -0.39 is 23.0 Å². The first kappa shape index (κ1) is 18.0. The van der Waals surface area contributed by atoms with E-state index in [1.165, 1.54) is 12.1 Å². The van der Waals surface area contributed by atoms with Gasteiger partial charge in [0, 0.05) is 12.6 Å². The van der Waals surface area contributed by atoms with Gasteiger partial charge in [-0.1, -0.05) is 12.7 Å². The summed E-state index contributed by atoms with van der Waals surface area (Å²) in [5.74, 6) is -0.564. The molecule has 0 bridgehead atoms. The average molecular weight is 350 g/mol. The molecule has 1 atom stereocenters. The van der Waals surface area contributed by atoms with Crippen LogP contribution in [0.4, 0.5) is 16.2 Å². The van der Waals surface area contributed by atoms with Gasteiger partial charge in [-0.25, -0.2) is 4.79 Å². The third-order valence-electron chi connectivity index (χ3n) is 3.38. The second kappa shape index (κ2) is 7.99. The van der Waals surface area contributed by atoms with Crippen molar-refractivity contribution < 1.29 is 24.0 Å². The van der Waals surface area contributed by atoms with Crippen LogP contribution >= 0.6 is 0 Å². The number of hydrogen-bond donors (Lipinski definition) is 3. The summed E-state index contributed by atoms with van der Waals surface area (Å²) in [6.07, 6.45) is 0.337. The molecule has 1 aliphatic rings. The topological polar surface area (TPSA) is 146 Å². The van der Waals surface area contributed by atoms with Gasteiger partial charge in [0.1, 0.15) is 13.2 Å². The van der Waals surface area contributed by atoms with Crippen molar-refractivity contribution in [3.05, 3.63) is 40.5 Å². The van der Waals surface area contributed by atoms with E-state index in [2.05, 4.69) is 17.2 Å². The predicted octanol–water partition coefficient (Wildman–Crippen LogP) is 1.23. The van der Waals surface area contributed by atoms with Crippen molar-refractivity contribution in [2.45, 2.75) is 12.5 Å². The third-order valence-corrected chi connectivity index (χ3v) is 3.38. The molecule has 134 valence electrons. The lowest BCUT2D eigenvalue weighted by molar-refractivity contribution is -0.385.